The number of rotatable bonds is 8. The van der Waals surface area contributed by atoms with E-state index in [2.05, 4.69) is 5.32 Å². The molecule has 2 aromatic carbocycles. The number of methoxy groups -OCH3 is 2. The molecule has 0 saturated heterocycles. The average Bonchev–Trinajstić information content (AvgIpc) is 2.66. The zero-order valence-electron chi connectivity index (χ0n) is 15.2. The van der Waals surface area contributed by atoms with Gasteiger partial charge in [-0.05, 0) is 42.0 Å². The first-order valence-corrected chi connectivity index (χ1v) is 9.41. The number of nitrogens with one attached hydrogen (secondary N) is 1. The van der Waals surface area contributed by atoms with Crippen molar-refractivity contribution in [2.45, 2.75) is 11.4 Å². The Balaban J connectivity index is 1.98. The second-order valence-corrected chi connectivity index (χ2v) is 7.73. The molecule has 0 heterocycles. The molecule has 9 heteroatoms. The molecule has 27 heavy (non-hydrogen) atoms. The first-order chi connectivity index (χ1) is 12.8. The van der Waals surface area contributed by atoms with Crippen LogP contribution in [0.25, 0.3) is 0 Å². The second kappa shape index (κ2) is 8.83. The summed E-state index contributed by atoms with van der Waals surface area (Å²) in [5.41, 5.74) is 0.769. The van der Waals surface area contributed by atoms with Crippen LogP contribution in [-0.4, -0.2) is 46.4 Å². The fourth-order valence-corrected chi connectivity index (χ4v) is 3.45. The summed E-state index contributed by atoms with van der Waals surface area (Å²) in [6.45, 7) is -0.170. The molecule has 0 aliphatic heterocycles. The summed E-state index contributed by atoms with van der Waals surface area (Å²) >= 11 is 0. The number of benzene rings is 2. The molecule has 2 rings (SSSR count). The Hall–Kier alpha value is -2.65. The summed E-state index contributed by atoms with van der Waals surface area (Å²) in [6, 6.07) is 9.62. The predicted octanol–water partition coefficient (Wildman–Crippen LogP) is 1.78. The van der Waals surface area contributed by atoms with E-state index in [1.54, 1.807) is 18.2 Å². The molecular weight excluding hydrogens is 375 g/mol. The molecule has 146 valence electrons. The molecule has 0 aliphatic rings. The quantitative estimate of drug-likeness (QED) is 0.735. The highest BCUT2D eigenvalue weighted by Gasteiger charge is 2.22. The molecule has 7 nitrogen and oxygen atoms in total. The van der Waals surface area contributed by atoms with E-state index < -0.39 is 21.7 Å². The van der Waals surface area contributed by atoms with Gasteiger partial charge in [0.2, 0.25) is 15.9 Å². The molecule has 1 N–H and O–H groups in total. The van der Waals surface area contributed by atoms with Crippen LogP contribution in [0.1, 0.15) is 5.56 Å². The number of sulfonamides is 1. The van der Waals surface area contributed by atoms with Gasteiger partial charge in [-0.2, -0.15) is 4.31 Å². The molecule has 0 bridgehead atoms. The number of carbonyl (C=O) groups is 1. The van der Waals surface area contributed by atoms with Crippen molar-refractivity contribution in [3.63, 3.8) is 0 Å². The fourth-order valence-electron chi connectivity index (χ4n) is 2.32. The summed E-state index contributed by atoms with van der Waals surface area (Å²) in [4.78, 5) is 12.0. The smallest absolute Gasteiger partial charge is 0.243 e. The third kappa shape index (κ3) is 5.18. The van der Waals surface area contributed by atoms with E-state index in [9.17, 15) is 17.6 Å². The number of carbonyl (C=O) groups excluding carboxylic acids is 1. The Morgan fingerprint density at radius 3 is 2.30 bits per heavy atom. The summed E-state index contributed by atoms with van der Waals surface area (Å²) in [5.74, 6) is 0.0835. The van der Waals surface area contributed by atoms with Crippen molar-refractivity contribution in [3.05, 3.63) is 53.8 Å². The van der Waals surface area contributed by atoms with Gasteiger partial charge in [0.25, 0.3) is 0 Å². The van der Waals surface area contributed by atoms with Gasteiger partial charge in [-0.25, -0.2) is 12.8 Å². The third-order valence-corrected chi connectivity index (χ3v) is 5.64. The van der Waals surface area contributed by atoms with Gasteiger partial charge in [-0.1, -0.05) is 6.07 Å². The van der Waals surface area contributed by atoms with Gasteiger partial charge in [-0.15, -0.1) is 0 Å². The third-order valence-electron chi connectivity index (χ3n) is 3.83. The van der Waals surface area contributed by atoms with Crippen molar-refractivity contribution in [2.75, 3.05) is 27.8 Å². The second-order valence-electron chi connectivity index (χ2n) is 5.68. The van der Waals surface area contributed by atoms with Crippen LogP contribution in [0.15, 0.2) is 47.4 Å². The Morgan fingerprint density at radius 2 is 1.70 bits per heavy atom. The molecule has 0 unspecified atom stereocenters. The SMILES string of the molecule is COc1ccc(CNC(=O)CN(C)S(=O)(=O)c2ccc(F)cc2)cc1OC. The minimum absolute atomic E-state index is 0.0842. The Kier molecular flexibility index (Phi) is 6.75. The maximum Gasteiger partial charge on any atom is 0.243 e. The monoisotopic (exact) mass is 396 g/mol. The van der Waals surface area contributed by atoms with Crippen LogP contribution >= 0.6 is 0 Å². The van der Waals surface area contributed by atoms with Crippen molar-refractivity contribution < 1.29 is 27.1 Å². The van der Waals surface area contributed by atoms with Crippen LogP contribution < -0.4 is 14.8 Å². The average molecular weight is 396 g/mol. The molecule has 0 radical (unpaired) electrons. The molecule has 0 saturated carbocycles. The highest BCUT2D eigenvalue weighted by molar-refractivity contribution is 7.89. The minimum Gasteiger partial charge on any atom is -0.493 e. The Bertz CT molecular complexity index is 900. The van der Waals surface area contributed by atoms with Crippen molar-refractivity contribution in [2.24, 2.45) is 0 Å². The van der Waals surface area contributed by atoms with Crippen LogP contribution in [0.5, 0.6) is 11.5 Å². The maximum absolute atomic E-state index is 13.0. The lowest BCUT2D eigenvalue weighted by atomic mass is 10.2. The standard InChI is InChI=1S/C18H21FN2O5S/c1-21(27(23,24)15-7-5-14(19)6-8-15)12-18(22)20-11-13-4-9-16(25-2)17(10-13)26-3/h4-10H,11-12H2,1-3H3,(H,20,22). The van der Waals surface area contributed by atoms with Crippen molar-refractivity contribution in [3.8, 4) is 11.5 Å². The normalized spacial score (nSPS) is 11.3. The molecular formula is C18H21FN2O5S. The number of likely N-dealkylation sites (N-methyl/N-ethyl adjacent to an activating group) is 1. The van der Waals surface area contributed by atoms with Gasteiger partial charge in [0.1, 0.15) is 5.82 Å². The van der Waals surface area contributed by atoms with E-state index in [1.807, 2.05) is 0 Å². The summed E-state index contributed by atoms with van der Waals surface area (Å²) in [6.07, 6.45) is 0. The van der Waals surface area contributed by atoms with Crippen molar-refractivity contribution >= 4 is 15.9 Å². The summed E-state index contributed by atoms with van der Waals surface area (Å²) in [5, 5.41) is 2.65. The zero-order valence-corrected chi connectivity index (χ0v) is 16.0. The van der Waals surface area contributed by atoms with Gasteiger partial charge < -0.3 is 14.8 Å². The minimum atomic E-state index is -3.88. The zero-order chi connectivity index (χ0) is 20.0. The number of nitrogens with zero attached hydrogens (tertiary/aromatic N) is 1. The predicted molar refractivity (Wildman–Crippen MR) is 97.6 cm³/mol. The molecule has 0 atom stereocenters. The maximum atomic E-state index is 13.0. The topological polar surface area (TPSA) is 84.9 Å². The molecule has 1 amide bonds. The molecule has 2 aromatic rings. The van der Waals surface area contributed by atoms with Crippen LogP contribution in [-0.2, 0) is 21.4 Å². The van der Waals surface area contributed by atoms with Gasteiger partial charge in [0.15, 0.2) is 11.5 Å². The van der Waals surface area contributed by atoms with Crippen LogP contribution in [0.3, 0.4) is 0 Å². The highest BCUT2D eigenvalue weighted by atomic mass is 32.2. The van der Waals surface area contributed by atoms with Gasteiger partial charge in [0, 0.05) is 13.6 Å². The lowest BCUT2D eigenvalue weighted by Gasteiger charge is -2.17. The first kappa shape index (κ1) is 20.7. The van der Waals surface area contributed by atoms with E-state index in [0.29, 0.717) is 11.5 Å². The molecule has 0 aliphatic carbocycles. The van der Waals surface area contributed by atoms with Crippen LogP contribution in [0.2, 0.25) is 0 Å². The van der Waals surface area contributed by atoms with E-state index in [1.165, 1.54) is 21.3 Å². The molecule has 0 spiro atoms. The number of hydrogen-bond donors (Lipinski definition) is 1. The summed E-state index contributed by atoms with van der Waals surface area (Å²) < 4.78 is 49.0. The fraction of sp³-hybridized carbons (Fsp3) is 0.278. The number of halogens is 1. The van der Waals surface area contributed by atoms with Gasteiger partial charge in [-0.3, -0.25) is 4.79 Å². The van der Waals surface area contributed by atoms with Crippen LogP contribution in [0, 0.1) is 5.82 Å². The molecule has 0 aromatic heterocycles. The van der Waals surface area contributed by atoms with Crippen molar-refractivity contribution in [1.82, 2.24) is 9.62 Å². The molecule has 0 fully saturated rings. The Labute approximate surface area is 157 Å². The van der Waals surface area contributed by atoms with E-state index in [0.717, 1.165) is 34.1 Å². The van der Waals surface area contributed by atoms with E-state index in [4.69, 9.17) is 9.47 Å². The van der Waals surface area contributed by atoms with E-state index >= 15 is 0 Å². The number of ether oxygens (including phenoxy) is 2. The van der Waals surface area contributed by atoms with Crippen LogP contribution in [0.4, 0.5) is 4.39 Å². The lowest BCUT2D eigenvalue weighted by molar-refractivity contribution is -0.121. The first-order valence-electron chi connectivity index (χ1n) is 7.97. The van der Waals surface area contributed by atoms with Gasteiger partial charge in [0.05, 0.1) is 25.7 Å². The largest absolute Gasteiger partial charge is 0.493 e. The highest BCUT2D eigenvalue weighted by Crippen LogP contribution is 2.27. The Morgan fingerprint density at radius 1 is 1.07 bits per heavy atom. The number of hydrogen-bond acceptors (Lipinski definition) is 5. The van der Waals surface area contributed by atoms with E-state index in [-0.39, 0.29) is 18.0 Å². The van der Waals surface area contributed by atoms with Gasteiger partial charge >= 0.3 is 0 Å². The number of amides is 1. The summed E-state index contributed by atoms with van der Waals surface area (Å²) in [7, 11) is 0.436. The lowest BCUT2D eigenvalue weighted by Crippen LogP contribution is -2.38. The van der Waals surface area contributed by atoms with Crippen molar-refractivity contribution in [1.29, 1.82) is 0 Å².